The molecule has 0 saturated carbocycles. The van der Waals surface area contributed by atoms with Gasteiger partial charge in [-0.15, -0.1) is 0 Å². The molecule has 0 unspecified atom stereocenters. The Morgan fingerprint density at radius 1 is 0.476 bits per heavy atom. The van der Waals surface area contributed by atoms with Gasteiger partial charge in [-0.2, -0.15) is 0 Å². The van der Waals surface area contributed by atoms with Gasteiger partial charge in [0.1, 0.15) is 48.1 Å². The van der Waals surface area contributed by atoms with Crippen molar-refractivity contribution in [3.05, 3.63) is 212 Å². The van der Waals surface area contributed by atoms with E-state index in [1.54, 1.807) is 71.9 Å². The first-order chi connectivity index (χ1) is 39.5. The van der Waals surface area contributed by atoms with Crippen LogP contribution in [0.3, 0.4) is 0 Å². The highest BCUT2D eigenvalue weighted by Crippen LogP contribution is 2.31. The molecular weight excluding hydrogens is 1060 g/mol. The van der Waals surface area contributed by atoms with E-state index in [0.717, 1.165) is 58.2 Å². The topological polar surface area (TPSA) is 199 Å². The highest BCUT2D eigenvalue weighted by molar-refractivity contribution is 5.93. The minimum Gasteiger partial charge on any atom is -0.478 e. The largest absolute Gasteiger partial charge is 0.478 e. The molecule has 0 radical (unpaired) electrons. The number of aromatic carboxylic acids is 2. The zero-order valence-corrected chi connectivity index (χ0v) is 45.6. The van der Waals surface area contributed by atoms with E-state index in [0.29, 0.717) is 60.0 Å². The van der Waals surface area contributed by atoms with Crippen molar-refractivity contribution < 1.29 is 56.3 Å². The third-order valence-corrected chi connectivity index (χ3v) is 13.6. The summed E-state index contributed by atoms with van der Waals surface area (Å²) in [6.45, 7) is 9.49. The zero-order valence-electron chi connectivity index (χ0n) is 45.6. The molecule has 6 aromatic heterocycles. The fraction of sp³-hybridized carbons (Fsp3) is 0.226. The number of aromatic nitrogens is 8. The number of nitrogens with zero attached hydrogens (tertiary/aromatic N) is 8. The van der Waals surface area contributed by atoms with Crippen LogP contribution in [0.2, 0.25) is 0 Å². The summed E-state index contributed by atoms with van der Waals surface area (Å²) in [5.41, 5.74) is 8.48. The van der Waals surface area contributed by atoms with Crippen molar-refractivity contribution in [3.8, 4) is 34.3 Å². The van der Waals surface area contributed by atoms with E-state index in [-0.39, 0.29) is 82.6 Å². The first kappa shape index (κ1) is 57.3. The lowest BCUT2D eigenvalue weighted by molar-refractivity contribution is 0.0686. The zero-order chi connectivity index (χ0) is 58.2. The molecule has 2 N–H and O–H groups in total. The Morgan fingerprint density at radius 2 is 0.890 bits per heavy atom. The predicted molar refractivity (Wildman–Crippen MR) is 298 cm³/mol. The summed E-state index contributed by atoms with van der Waals surface area (Å²) < 4.78 is 87.1. The number of aryl methyl sites for hydroxylation is 4. The van der Waals surface area contributed by atoms with Gasteiger partial charge in [0, 0.05) is 97.3 Å². The Labute approximate surface area is 468 Å². The molecule has 6 heterocycles. The van der Waals surface area contributed by atoms with Crippen LogP contribution in [-0.2, 0) is 48.6 Å². The van der Waals surface area contributed by atoms with Crippen molar-refractivity contribution >= 4 is 34.0 Å². The molecule has 0 saturated heterocycles. The number of imidazole rings is 2. The number of fused-ring (bicyclic) bond motifs is 2. The lowest BCUT2D eigenvalue weighted by Gasteiger charge is -2.12. The minimum absolute atomic E-state index is 0.00358. The number of pyridine rings is 4. The van der Waals surface area contributed by atoms with Crippen molar-refractivity contribution in [3.63, 3.8) is 0 Å². The summed E-state index contributed by atoms with van der Waals surface area (Å²) in [5.74, 6) is -3.18. The fourth-order valence-corrected chi connectivity index (χ4v) is 9.26. The van der Waals surface area contributed by atoms with Gasteiger partial charge in [-0.1, -0.05) is 24.3 Å². The molecule has 0 bridgehead atoms. The van der Waals surface area contributed by atoms with E-state index in [1.807, 2.05) is 52.0 Å². The highest BCUT2D eigenvalue weighted by atomic mass is 19.1. The number of halogens is 4. The normalized spacial score (nSPS) is 11.2. The summed E-state index contributed by atoms with van der Waals surface area (Å²) in [4.78, 5) is 49.8. The number of benzene rings is 4. The van der Waals surface area contributed by atoms with E-state index in [4.69, 9.17) is 18.9 Å². The van der Waals surface area contributed by atoms with Gasteiger partial charge in [0.15, 0.2) is 0 Å². The number of carbonyl (C=O) groups is 2. The van der Waals surface area contributed by atoms with Crippen molar-refractivity contribution in [2.45, 2.75) is 66.8 Å². The molecule has 420 valence electrons. The maximum absolute atomic E-state index is 15.4. The lowest BCUT2D eigenvalue weighted by atomic mass is 10.0. The second-order valence-corrected chi connectivity index (χ2v) is 19.3. The summed E-state index contributed by atoms with van der Waals surface area (Å²) >= 11 is 0. The molecule has 20 heteroatoms. The summed E-state index contributed by atoms with van der Waals surface area (Å²) in [7, 11) is 3.09. The Kier molecular flexibility index (Phi) is 17.7. The fourth-order valence-electron chi connectivity index (χ4n) is 9.26. The van der Waals surface area contributed by atoms with Crippen LogP contribution in [0, 0.1) is 51.0 Å². The predicted octanol–water partition coefficient (Wildman–Crippen LogP) is 11.8. The van der Waals surface area contributed by atoms with Gasteiger partial charge >= 0.3 is 11.9 Å². The molecule has 82 heavy (non-hydrogen) atoms. The Hall–Kier alpha value is -9.40. The molecule has 0 amide bonds. The molecular formula is C62H56F4N8O8. The molecule has 0 atom stereocenters. The molecule has 10 aromatic rings. The number of carboxylic acid groups (broad SMARTS) is 2. The average Bonchev–Trinajstić information content (AvgIpc) is 4.11. The van der Waals surface area contributed by atoms with Crippen molar-refractivity contribution in [2.24, 2.45) is 0 Å². The van der Waals surface area contributed by atoms with Gasteiger partial charge in [0.25, 0.3) is 0 Å². The smallest absolute Gasteiger partial charge is 0.335 e. The van der Waals surface area contributed by atoms with Crippen molar-refractivity contribution in [1.82, 2.24) is 39.0 Å². The number of carboxylic acids is 2. The summed E-state index contributed by atoms with van der Waals surface area (Å²) in [6, 6.07) is 31.2. The van der Waals surface area contributed by atoms with E-state index < -0.39 is 35.2 Å². The Bertz CT molecular complexity index is 3760. The van der Waals surface area contributed by atoms with Gasteiger partial charge in [0.05, 0.1) is 57.8 Å². The van der Waals surface area contributed by atoms with Crippen LogP contribution in [0.15, 0.2) is 121 Å². The SMILES string of the molecule is COCCn1c(Cc2cc(F)c(-c3cccc(OCc4ccc(C)nc4C)n3)cc2F)nc2ccc(C(=O)O)cc21.COCCn1c(Cc2cc(F)c(-c3cccc(OCc4ccc(C)nc4C)n3)cc2F)nc2ccc(C(=O)O)cc21. The van der Waals surface area contributed by atoms with Gasteiger partial charge < -0.3 is 38.3 Å². The molecule has 0 aliphatic rings. The average molecular weight is 1120 g/mol. The van der Waals surface area contributed by atoms with E-state index in [9.17, 15) is 19.8 Å². The maximum atomic E-state index is 15.4. The van der Waals surface area contributed by atoms with Gasteiger partial charge in [-0.3, -0.25) is 9.97 Å². The van der Waals surface area contributed by atoms with Gasteiger partial charge in [-0.05, 0) is 124 Å². The molecule has 4 aromatic carbocycles. The number of ether oxygens (including phenoxy) is 4. The summed E-state index contributed by atoms with van der Waals surface area (Å²) in [5, 5.41) is 18.8. The van der Waals surface area contributed by atoms with Crippen molar-refractivity contribution in [1.29, 1.82) is 0 Å². The molecule has 0 aliphatic heterocycles. The van der Waals surface area contributed by atoms with E-state index >= 15 is 17.6 Å². The number of methoxy groups -OCH3 is 2. The Balaban J connectivity index is 0.000000198. The summed E-state index contributed by atoms with van der Waals surface area (Å²) in [6.07, 6.45) is -0.0192. The van der Waals surface area contributed by atoms with Gasteiger partial charge in [-0.25, -0.2) is 47.1 Å². The van der Waals surface area contributed by atoms with Crippen LogP contribution < -0.4 is 9.47 Å². The first-order valence-corrected chi connectivity index (χ1v) is 25.9. The Morgan fingerprint density at radius 3 is 1.27 bits per heavy atom. The standard InChI is InChI=1S/2C31H28F2N4O4/c2*1-18-7-8-21(19(2)34-18)17-41-30-6-4-5-26(36-30)23-16-24(32)22(13-25(23)33)15-29-35-27-10-9-20(31(38)39)14-28(27)37(29)11-12-40-3/h2*4-10,13-14,16H,11-12,15,17H2,1-3H3,(H,38,39). The minimum atomic E-state index is -1.07. The lowest BCUT2D eigenvalue weighted by Crippen LogP contribution is -2.10. The third kappa shape index (κ3) is 13.3. The van der Waals surface area contributed by atoms with E-state index in [2.05, 4.69) is 29.9 Å². The molecule has 10 rings (SSSR count). The van der Waals surface area contributed by atoms with Crippen LogP contribution in [0.5, 0.6) is 11.8 Å². The second kappa shape index (κ2) is 25.4. The second-order valence-electron chi connectivity index (χ2n) is 19.3. The maximum Gasteiger partial charge on any atom is 0.335 e. The van der Waals surface area contributed by atoms with Gasteiger partial charge in [0.2, 0.25) is 11.8 Å². The molecule has 0 aliphatic carbocycles. The van der Waals surface area contributed by atoms with E-state index in [1.165, 1.54) is 24.3 Å². The molecule has 16 nitrogen and oxygen atoms in total. The van der Waals surface area contributed by atoms with Crippen molar-refractivity contribution in [2.75, 3.05) is 27.4 Å². The first-order valence-electron chi connectivity index (χ1n) is 25.9. The van der Waals surface area contributed by atoms with Crippen LogP contribution in [0.25, 0.3) is 44.6 Å². The molecule has 0 fully saturated rings. The third-order valence-electron chi connectivity index (χ3n) is 13.6. The highest BCUT2D eigenvalue weighted by Gasteiger charge is 2.21. The number of hydrogen-bond donors (Lipinski definition) is 2. The van der Waals surface area contributed by atoms with Crippen LogP contribution in [-0.4, -0.2) is 88.6 Å². The van der Waals surface area contributed by atoms with Crippen LogP contribution in [0.4, 0.5) is 17.6 Å². The quantitative estimate of drug-likeness (QED) is 0.0683. The van der Waals surface area contributed by atoms with Crippen LogP contribution >= 0.6 is 0 Å². The van der Waals surface area contributed by atoms with Crippen LogP contribution in [0.1, 0.15) is 77.4 Å². The number of rotatable bonds is 20. The number of hydrogen-bond acceptors (Lipinski definition) is 12. The molecule has 0 spiro atoms. The monoisotopic (exact) mass is 1120 g/mol.